The zero-order chi connectivity index (χ0) is 9.68. The molecular formula is C11H17NS. The third-order valence-corrected chi connectivity index (χ3v) is 3.21. The molecule has 0 bridgehead atoms. The summed E-state index contributed by atoms with van der Waals surface area (Å²) >= 11 is 1.87. The average molecular weight is 195 g/mol. The Morgan fingerprint density at radius 3 is 2.38 bits per heavy atom. The first-order valence-electron chi connectivity index (χ1n) is 4.59. The van der Waals surface area contributed by atoms with Gasteiger partial charge in [-0.15, -0.1) is 0 Å². The van der Waals surface area contributed by atoms with Gasteiger partial charge in [0.15, 0.2) is 0 Å². The van der Waals surface area contributed by atoms with Gasteiger partial charge >= 0.3 is 0 Å². The van der Waals surface area contributed by atoms with Crippen LogP contribution in [0.15, 0.2) is 24.3 Å². The molecule has 0 aliphatic rings. The second-order valence-corrected chi connectivity index (χ2v) is 4.34. The molecule has 13 heavy (non-hydrogen) atoms. The van der Waals surface area contributed by atoms with Crippen molar-refractivity contribution in [2.24, 2.45) is 5.73 Å². The van der Waals surface area contributed by atoms with Crippen LogP contribution in [0.25, 0.3) is 0 Å². The molecule has 1 nitrogen and oxygen atoms in total. The van der Waals surface area contributed by atoms with Gasteiger partial charge in [0.25, 0.3) is 0 Å². The SMILES string of the molecule is CSC(C)c1ccc(CCN)cc1. The van der Waals surface area contributed by atoms with Gasteiger partial charge in [-0.1, -0.05) is 24.3 Å². The van der Waals surface area contributed by atoms with Crippen molar-refractivity contribution in [3.05, 3.63) is 35.4 Å². The van der Waals surface area contributed by atoms with E-state index in [9.17, 15) is 0 Å². The molecule has 0 aromatic heterocycles. The summed E-state index contributed by atoms with van der Waals surface area (Å²) in [5, 5.41) is 0.590. The molecule has 0 aliphatic carbocycles. The van der Waals surface area contributed by atoms with Crippen LogP contribution >= 0.6 is 11.8 Å². The largest absolute Gasteiger partial charge is 0.330 e. The van der Waals surface area contributed by atoms with Gasteiger partial charge < -0.3 is 5.73 Å². The second kappa shape index (κ2) is 5.30. The highest BCUT2D eigenvalue weighted by Gasteiger charge is 2.01. The van der Waals surface area contributed by atoms with Crippen molar-refractivity contribution in [1.82, 2.24) is 0 Å². The monoisotopic (exact) mass is 195 g/mol. The zero-order valence-electron chi connectivity index (χ0n) is 8.29. The molecule has 0 amide bonds. The van der Waals surface area contributed by atoms with E-state index in [0.29, 0.717) is 5.25 Å². The lowest BCUT2D eigenvalue weighted by atomic mass is 10.1. The average Bonchev–Trinajstić information content (AvgIpc) is 2.18. The Kier molecular flexibility index (Phi) is 4.33. The van der Waals surface area contributed by atoms with Crippen LogP contribution in [0.1, 0.15) is 23.3 Å². The second-order valence-electron chi connectivity index (χ2n) is 3.16. The molecule has 0 saturated heterocycles. The van der Waals surface area contributed by atoms with E-state index in [4.69, 9.17) is 5.73 Å². The van der Waals surface area contributed by atoms with E-state index in [-0.39, 0.29) is 0 Å². The molecule has 1 aromatic rings. The maximum atomic E-state index is 5.48. The highest BCUT2D eigenvalue weighted by atomic mass is 32.2. The maximum Gasteiger partial charge on any atom is 0.0266 e. The third-order valence-electron chi connectivity index (χ3n) is 2.24. The van der Waals surface area contributed by atoms with Gasteiger partial charge in [-0.3, -0.25) is 0 Å². The molecule has 2 N–H and O–H groups in total. The molecule has 1 atom stereocenters. The molecule has 0 spiro atoms. The number of benzene rings is 1. The number of hydrogen-bond acceptors (Lipinski definition) is 2. The van der Waals surface area contributed by atoms with E-state index in [1.54, 1.807) is 0 Å². The summed E-state index contributed by atoms with van der Waals surface area (Å²) in [5.41, 5.74) is 8.21. The first-order chi connectivity index (χ1) is 6.27. The Bertz CT molecular complexity index is 243. The molecule has 1 rings (SSSR count). The third kappa shape index (κ3) is 3.05. The molecule has 0 aliphatic heterocycles. The van der Waals surface area contributed by atoms with E-state index < -0.39 is 0 Å². The lowest BCUT2D eigenvalue weighted by Crippen LogP contribution is -2.02. The summed E-state index contributed by atoms with van der Waals surface area (Å²) < 4.78 is 0. The lowest BCUT2D eigenvalue weighted by Gasteiger charge is -2.08. The number of hydrogen-bond donors (Lipinski definition) is 1. The van der Waals surface area contributed by atoms with Crippen molar-refractivity contribution in [2.45, 2.75) is 18.6 Å². The lowest BCUT2D eigenvalue weighted by molar-refractivity contribution is 0.965. The van der Waals surface area contributed by atoms with E-state index in [2.05, 4.69) is 37.4 Å². The summed E-state index contributed by atoms with van der Waals surface area (Å²) in [5.74, 6) is 0. The number of nitrogens with two attached hydrogens (primary N) is 1. The minimum atomic E-state index is 0.590. The zero-order valence-corrected chi connectivity index (χ0v) is 9.10. The fourth-order valence-electron chi connectivity index (χ4n) is 1.26. The van der Waals surface area contributed by atoms with E-state index in [1.807, 2.05) is 11.8 Å². The minimum absolute atomic E-state index is 0.590. The van der Waals surface area contributed by atoms with Crippen LogP contribution < -0.4 is 5.73 Å². The van der Waals surface area contributed by atoms with Crippen LogP contribution in [0.3, 0.4) is 0 Å². The predicted molar refractivity (Wildman–Crippen MR) is 61.1 cm³/mol. The maximum absolute atomic E-state index is 5.48. The molecule has 1 aromatic carbocycles. The fraction of sp³-hybridized carbons (Fsp3) is 0.455. The van der Waals surface area contributed by atoms with Gasteiger partial charge in [0.2, 0.25) is 0 Å². The summed E-state index contributed by atoms with van der Waals surface area (Å²) in [7, 11) is 0. The highest BCUT2D eigenvalue weighted by Crippen LogP contribution is 2.25. The Balaban J connectivity index is 2.69. The van der Waals surface area contributed by atoms with Crippen LogP contribution in [0.4, 0.5) is 0 Å². The quantitative estimate of drug-likeness (QED) is 0.799. The fourth-order valence-corrected chi connectivity index (χ4v) is 1.69. The minimum Gasteiger partial charge on any atom is -0.330 e. The molecule has 0 radical (unpaired) electrons. The van der Waals surface area contributed by atoms with Gasteiger partial charge in [-0.2, -0.15) is 11.8 Å². The Labute approximate surface area is 84.7 Å². The van der Waals surface area contributed by atoms with Gasteiger partial charge in [0.1, 0.15) is 0 Å². The normalized spacial score (nSPS) is 12.8. The van der Waals surface area contributed by atoms with E-state index >= 15 is 0 Å². The predicted octanol–water partition coefficient (Wildman–Crippen LogP) is 2.61. The van der Waals surface area contributed by atoms with Crippen LogP contribution in [0.2, 0.25) is 0 Å². The molecule has 72 valence electrons. The molecule has 2 heteroatoms. The van der Waals surface area contributed by atoms with Crippen molar-refractivity contribution >= 4 is 11.8 Å². The number of rotatable bonds is 4. The van der Waals surface area contributed by atoms with Gasteiger partial charge in [0.05, 0.1) is 0 Å². The molecule has 0 heterocycles. The van der Waals surface area contributed by atoms with Crippen molar-refractivity contribution in [2.75, 3.05) is 12.8 Å². The topological polar surface area (TPSA) is 26.0 Å². The summed E-state index contributed by atoms with van der Waals surface area (Å²) in [6, 6.07) is 8.75. The molecule has 0 fully saturated rings. The first-order valence-corrected chi connectivity index (χ1v) is 5.88. The van der Waals surface area contributed by atoms with Crippen LogP contribution in [-0.4, -0.2) is 12.8 Å². The van der Waals surface area contributed by atoms with Gasteiger partial charge in [-0.25, -0.2) is 0 Å². The summed E-state index contributed by atoms with van der Waals surface area (Å²) in [6.45, 7) is 2.96. The molecule has 1 unspecified atom stereocenters. The standard InChI is InChI=1S/C11H17NS/c1-9(13-2)11-5-3-10(4-6-11)7-8-12/h3-6,9H,7-8,12H2,1-2H3. The Morgan fingerprint density at radius 2 is 1.92 bits per heavy atom. The Morgan fingerprint density at radius 1 is 1.31 bits per heavy atom. The van der Waals surface area contributed by atoms with Crippen molar-refractivity contribution in [3.63, 3.8) is 0 Å². The Hall–Kier alpha value is -0.470. The summed E-state index contributed by atoms with van der Waals surface area (Å²) in [6.07, 6.45) is 3.12. The molecular weight excluding hydrogens is 178 g/mol. The van der Waals surface area contributed by atoms with Gasteiger partial charge in [-0.05, 0) is 37.3 Å². The number of thioether (sulfide) groups is 1. The van der Waals surface area contributed by atoms with Gasteiger partial charge in [0, 0.05) is 5.25 Å². The smallest absolute Gasteiger partial charge is 0.0266 e. The molecule has 0 saturated carbocycles. The van der Waals surface area contributed by atoms with Crippen molar-refractivity contribution < 1.29 is 0 Å². The van der Waals surface area contributed by atoms with Crippen molar-refractivity contribution in [1.29, 1.82) is 0 Å². The van der Waals surface area contributed by atoms with Crippen LogP contribution in [-0.2, 0) is 6.42 Å². The van der Waals surface area contributed by atoms with E-state index in [1.165, 1.54) is 11.1 Å². The first kappa shape index (κ1) is 10.6. The van der Waals surface area contributed by atoms with E-state index in [0.717, 1.165) is 13.0 Å². The van der Waals surface area contributed by atoms with Crippen LogP contribution in [0, 0.1) is 0 Å². The van der Waals surface area contributed by atoms with Crippen LogP contribution in [0.5, 0.6) is 0 Å². The van der Waals surface area contributed by atoms with Crippen molar-refractivity contribution in [3.8, 4) is 0 Å². The summed E-state index contributed by atoms with van der Waals surface area (Å²) in [4.78, 5) is 0. The highest BCUT2D eigenvalue weighted by molar-refractivity contribution is 7.98.